The molecule has 2 rings (SSSR count). The summed E-state index contributed by atoms with van der Waals surface area (Å²) in [7, 11) is 2.31. The molecule has 0 radical (unpaired) electrons. The third-order valence-electron chi connectivity index (χ3n) is 3.88. The van der Waals surface area contributed by atoms with E-state index >= 15 is 0 Å². The molecular formula is C21H24N4O6. The van der Waals surface area contributed by atoms with Crippen molar-refractivity contribution in [3.63, 3.8) is 0 Å². The molecule has 3 amide bonds. The van der Waals surface area contributed by atoms with E-state index in [-0.39, 0.29) is 18.3 Å². The number of anilines is 2. The van der Waals surface area contributed by atoms with Gasteiger partial charge in [0.1, 0.15) is 11.5 Å². The zero-order chi connectivity index (χ0) is 22.8. The van der Waals surface area contributed by atoms with Gasteiger partial charge in [-0.05, 0) is 31.2 Å². The predicted molar refractivity (Wildman–Crippen MR) is 116 cm³/mol. The quantitative estimate of drug-likeness (QED) is 0.485. The normalized spacial score (nSPS) is 10.6. The van der Waals surface area contributed by atoms with Gasteiger partial charge in [-0.15, -0.1) is 4.99 Å². The Labute approximate surface area is 179 Å². The van der Waals surface area contributed by atoms with Crippen LogP contribution in [-0.4, -0.2) is 38.3 Å². The minimum atomic E-state index is -0.947. The van der Waals surface area contributed by atoms with Crippen LogP contribution in [0, 0.1) is 6.92 Å². The molecule has 164 valence electrons. The molecule has 0 bridgehead atoms. The van der Waals surface area contributed by atoms with Crippen molar-refractivity contribution in [2.24, 2.45) is 4.99 Å². The van der Waals surface area contributed by atoms with Crippen LogP contribution >= 0.6 is 0 Å². The Morgan fingerprint density at radius 1 is 0.903 bits per heavy atom. The predicted octanol–water partition coefficient (Wildman–Crippen LogP) is 4.03. The van der Waals surface area contributed by atoms with Crippen LogP contribution in [0.15, 0.2) is 47.5 Å². The lowest BCUT2D eigenvalue weighted by molar-refractivity contribution is -0.115. The number of rotatable bonds is 5. The Kier molecular flexibility index (Phi) is 8.38. The lowest BCUT2D eigenvalue weighted by Crippen LogP contribution is -2.36. The Balaban J connectivity index is 2.35. The number of alkyl carbamates (subject to hydrolysis) is 1. The van der Waals surface area contributed by atoms with Gasteiger partial charge in [-0.25, -0.2) is 9.59 Å². The number of amides is 3. The first-order valence-electron chi connectivity index (χ1n) is 9.31. The highest BCUT2D eigenvalue weighted by atomic mass is 16.5. The van der Waals surface area contributed by atoms with E-state index in [0.29, 0.717) is 22.9 Å². The summed E-state index contributed by atoms with van der Waals surface area (Å²) >= 11 is 0. The van der Waals surface area contributed by atoms with E-state index in [2.05, 4.69) is 30.4 Å². The number of carbonyl (C=O) groups excluding carboxylic acids is 3. The van der Waals surface area contributed by atoms with Gasteiger partial charge in [-0.1, -0.05) is 24.6 Å². The number of aryl methyl sites for hydroxylation is 1. The van der Waals surface area contributed by atoms with E-state index in [4.69, 9.17) is 4.74 Å². The molecule has 0 aliphatic carbocycles. The summed E-state index contributed by atoms with van der Waals surface area (Å²) in [6.45, 7) is 3.68. The molecule has 31 heavy (non-hydrogen) atoms. The molecule has 0 aromatic heterocycles. The number of hydrogen-bond donors (Lipinski definition) is 3. The topological polar surface area (TPSA) is 127 Å². The number of aliphatic imine (C=N–C) groups is 1. The highest BCUT2D eigenvalue weighted by Crippen LogP contribution is 2.30. The molecule has 2 aromatic rings. The highest BCUT2D eigenvalue weighted by molar-refractivity contribution is 6.08. The fourth-order valence-electron chi connectivity index (χ4n) is 2.28. The largest absolute Gasteiger partial charge is 0.457 e. The fraction of sp³-hybridized carbons (Fsp3) is 0.238. The molecule has 3 N–H and O–H groups in total. The van der Waals surface area contributed by atoms with Gasteiger partial charge in [0.2, 0.25) is 11.9 Å². The Morgan fingerprint density at radius 3 is 2.19 bits per heavy atom. The molecular weight excluding hydrogens is 404 g/mol. The van der Waals surface area contributed by atoms with E-state index in [0.717, 1.165) is 19.8 Å². The second-order valence-electron chi connectivity index (χ2n) is 6.20. The van der Waals surface area contributed by atoms with Gasteiger partial charge in [-0.2, -0.15) is 0 Å². The first kappa shape index (κ1) is 23.2. The smallest absolute Gasteiger partial charge is 0.436 e. The minimum Gasteiger partial charge on any atom is -0.457 e. The van der Waals surface area contributed by atoms with Gasteiger partial charge < -0.3 is 24.8 Å². The van der Waals surface area contributed by atoms with Crippen molar-refractivity contribution in [2.75, 3.05) is 24.9 Å². The van der Waals surface area contributed by atoms with Gasteiger partial charge in [-0.3, -0.25) is 10.1 Å². The van der Waals surface area contributed by atoms with Crippen LogP contribution < -0.4 is 20.7 Å². The zero-order valence-electron chi connectivity index (χ0n) is 17.6. The number of carbonyl (C=O) groups is 3. The van der Waals surface area contributed by atoms with E-state index in [9.17, 15) is 14.4 Å². The van der Waals surface area contributed by atoms with Crippen LogP contribution in [0.4, 0.5) is 21.0 Å². The first-order valence-corrected chi connectivity index (χ1v) is 9.31. The maximum Gasteiger partial charge on any atom is 0.436 e. The van der Waals surface area contributed by atoms with Crippen molar-refractivity contribution in [3.05, 3.63) is 48.0 Å². The van der Waals surface area contributed by atoms with Gasteiger partial charge in [0, 0.05) is 12.5 Å². The third-order valence-corrected chi connectivity index (χ3v) is 3.88. The fourth-order valence-corrected chi connectivity index (χ4v) is 2.28. The molecule has 0 fully saturated rings. The molecule has 2 aromatic carbocycles. The van der Waals surface area contributed by atoms with E-state index in [1.165, 1.54) is 0 Å². The van der Waals surface area contributed by atoms with Crippen LogP contribution in [0.2, 0.25) is 0 Å². The second kappa shape index (κ2) is 11.2. The number of nitrogens with one attached hydrogen (secondary N) is 3. The molecule has 10 heteroatoms. The average Bonchev–Trinajstić information content (AvgIpc) is 2.76. The summed E-state index contributed by atoms with van der Waals surface area (Å²) in [5, 5.41) is 7.78. The van der Waals surface area contributed by atoms with Gasteiger partial charge in [0.25, 0.3) is 0 Å². The van der Waals surface area contributed by atoms with Gasteiger partial charge >= 0.3 is 12.2 Å². The van der Waals surface area contributed by atoms with E-state index in [1.807, 2.05) is 31.2 Å². The van der Waals surface area contributed by atoms with Crippen molar-refractivity contribution in [1.82, 2.24) is 5.32 Å². The lowest BCUT2D eigenvalue weighted by Gasteiger charge is -2.16. The molecule has 0 spiro atoms. The van der Waals surface area contributed by atoms with E-state index < -0.39 is 12.2 Å². The summed E-state index contributed by atoms with van der Waals surface area (Å²) in [4.78, 5) is 38.7. The Hall–Kier alpha value is -4.08. The van der Waals surface area contributed by atoms with E-state index in [1.54, 1.807) is 25.1 Å². The monoisotopic (exact) mass is 428 g/mol. The highest BCUT2D eigenvalue weighted by Gasteiger charge is 2.14. The van der Waals surface area contributed by atoms with Gasteiger partial charge in [0.15, 0.2) is 0 Å². The van der Waals surface area contributed by atoms with Crippen LogP contribution in [0.5, 0.6) is 11.5 Å². The molecule has 0 atom stereocenters. The van der Waals surface area contributed by atoms with Crippen LogP contribution in [0.25, 0.3) is 0 Å². The summed E-state index contributed by atoms with van der Waals surface area (Å²) in [6.07, 6.45) is -1.56. The Bertz CT molecular complexity index is 972. The number of hydrogen-bond acceptors (Lipinski definition) is 6. The number of nitrogens with zero attached hydrogens (tertiary/aromatic N) is 1. The standard InChI is InChI=1S/C21H24N4O6/c1-5-18(26)22-17-12-15(31-14-8-6-13(2)7-9-14)10-11-16(17)23-19(24-20(27)29-3)25-21(28)30-4/h6-12H,5H2,1-4H3,(H,22,26)(H2,23,24,25,27,28). The second-order valence-corrected chi connectivity index (χ2v) is 6.20. The van der Waals surface area contributed by atoms with Crippen molar-refractivity contribution in [1.29, 1.82) is 0 Å². The number of ether oxygens (including phenoxy) is 3. The zero-order valence-corrected chi connectivity index (χ0v) is 17.6. The summed E-state index contributed by atoms with van der Waals surface area (Å²) in [6, 6.07) is 12.3. The van der Waals surface area contributed by atoms with Crippen LogP contribution in [0.1, 0.15) is 18.9 Å². The molecule has 0 aliphatic heterocycles. The minimum absolute atomic E-state index is 0.242. The Morgan fingerprint density at radius 2 is 1.58 bits per heavy atom. The van der Waals surface area contributed by atoms with Crippen LogP contribution in [-0.2, 0) is 14.3 Å². The van der Waals surface area contributed by atoms with Crippen molar-refractivity contribution >= 4 is 35.4 Å². The maximum atomic E-state index is 12.0. The SMILES string of the molecule is CCC(=O)Nc1cc(Oc2ccc(C)cc2)ccc1NC(=NC(=O)OC)NC(=O)OC. The lowest BCUT2D eigenvalue weighted by atomic mass is 10.2. The molecule has 10 nitrogen and oxygen atoms in total. The molecule has 0 saturated heterocycles. The molecule has 0 saturated carbocycles. The van der Waals surface area contributed by atoms with Crippen LogP contribution in [0.3, 0.4) is 0 Å². The van der Waals surface area contributed by atoms with Gasteiger partial charge in [0.05, 0.1) is 25.6 Å². The average molecular weight is 428 g/mol. The summed E-state index contributed by atoms with van der Waals surface area (Å²) in [5.41, 5.74) is 1.79. The third kappa shape index (κ3) is 7.35. The van der Waals surface area contributed by atoms with Crippen molar-refractivity contribution < 1.29 is 28.6 Å². The number of guanidine groups is 1. The number of benzene rings is 2. The summed E-state index contributed by atoms with van der Waals surface area (Å²) < 4.78 is 14.9. The molecule has 0 unspecified atom stereocenters. The first-order chi connectivity index (χ1) is 14.8. The molecule has 0 heterocycles. The molecule has 0 aliphatic rings. The van der Waals surface area contributed by atoms with Crippen molar-refractivity contribution in [3.8, 4) is 11.5 Å². The van der Waals surface area contributed by atoms with Crippen molar-refractivity contribution in [2.45, 2.75) is 20.3 Å². The number of methoxy groups -OCH3 is 2. The summed E-state index contributed by atoms with van der Waals surface area (Å²) in [5.74, 6) is 0.591. The maximum absolute atomic E-state index is 12.0.